The maximum Gasteiger partial charge on any atom is 0.272 e. The van der Waals surface area contributed by atoms with Crippen molar-refractivity contribution in [3.63, 3.8) is 0 Å². The molecule has 0 rings (SSSR count). The number of hydrogen-bond donors (Lipinski definition) is 3. The Bertz CT molecular complexity index is 215. The second-order valence-electron chi connectivity index (χ2n) is 3.37. The summed E-state index contributed by atoms with van der Waals surface area (Å²) in [6.45, 7) is 2.51. The van der Waals surface area contributed by atoms with Gasteiger partial charge in [0, 0.05) is 0 Å². The molecular weight excluding hydrogens is 252 g/mol. The first-order valence-electron chi connectivity index (χ1n) is 3.79. The number of carbonyl (C=O) groups is 1. The van der Waals surface area contributed by atoms with Crippen LogP contribution in [0.25, 0.3) is 0 Å². The summed E-state index contributed by atoms with van der Waals surface area (Å²) in [6.07, 6.45) is -1.13. The summed E-state index contributed by atoms with van der Waals surface area (Å²) in [5, 5.41) is 20.3. The zero-order valence-electron chi connectivity index (χ0n) is 7.72. The van der Waals surface area contributed by atoms with Crippen molar-refractivity contribution in [1.82, 2.24) is 5.32 Å². The molecule has 0 heterocycles. The third kappa shape index (κ3) is 4.19. The van der Waals surface area contributed by atoms with Gasteiger partial charge >= 0.3 is 0 Å². The van der Waals surface area contributed by atoms with Gasteiger partial charge < -0.3 is 15.5 Å². The second-order valence-corrected chi connectivity index (χ2v) is 5.65. The van der Waals surface area contributed by atoms with Crippen molar-refractivity contribution in [2.24, 2.45) is 0 Å². The minimum atomic E-state index is -2.08. The van der Waals surface area contributed by atoms with Crippen molar-refractivity contribution in [1.29, 1.82) is 0 Å². The molecule has 0 saturated heterocycles. The first-order valence-corrected chi connectivity index (χ1v) is 4.93. The summed E-state index contributed by atoms with van der Waals surface area (Å²) < 4.78 is -2.08. The fourth-order valence-corrected chi connectivity index (χ4v) is 0.817. The van der Waals surface area contributed by atoms with Gasteiger partial charge in [0.25, 0.3) is 9.70 Å². The number of carbonyl (C=O) groups excluding carboxylic acids is 1. The molecule has 0 aliphatic rings. The topological polar surface area (TPSA) is 69.6 Å². The van der Waals surface area contributed by atoms with Crippen LogP contribution in [0.2, 0.25) is 0 Å². The van der Waals surface area contributed by atoms with Crippen LogP contribution in [0.1, 0.15) is 13.8 Å². The molecule has 0 aromatic heterocycles. The van der Waals surface area contributed by atoms with E-state index in [0.29, 0.717) is 0 Å². The summed E-state index contributed by atoms with van der Waals surface area (Å²) in [5.74, 6) is -0.847. The van der Waals surface area contributed by atoms with E-state index >= 15 is 0 Å². The average Bonchev–Trinajstić information content (AvgIpc) is 2.00. The highest BCUT2D eigenvalue weighted by molar-refractivity contribution is 6.76. The largest absolute Gasteiger partial charge is 0.394 e. The van der Waals surface area contributed by atoms with Gasteiger partial charge in [-0.25, -0.2) is 0 Å². The molecule has 7 heteroatoms. The molecule has 0 aliphatic carbocycles. The highest BCUT2D eigenvalue weighted by Gasteiger charge is 2.37. The Kier molecular flexibility index (Phi) is 4.95. The number of amides is 1. The summed E-state index contributed by atoms with van der Waals surface area (Å²) in [6, 6.07) is 0. The van der Waals surface area contributed by atoms with Gasteiger partial charge in [-0.05, 0) is 13.8 Å². The van der Waals surface area contributed by atoms with Crippen molar-refractivity contribution < 1.29 is 15.0 Å². The molecule has 1 atom stereocenters. The fraction of sp³-hybridized carbons (Fsp3) is 0.857. The summed E-state index contributed by atoms with van der Waals surface area (Å²) in [4.78, 5) is 11.2. The van der Waals surface area contributed by atoms with E-state index in [1.54, 1.807) is 0 Å². The molecule has 0 spiro atoms. The highest BCUT2D eigenvalue weighted by Crippen LogP contribution is 2.27. The van der Waals surface area contributed by atoms with Gasteiger partial charge in [0.05, 0.1) is 18.2 Å². The van der Waals surface area contributed by atoms with Crippen LogP contribution in [-0.4, -0.2) is 38.2 Å². The number of halogens is 3. The Morgan fingerprint density at radius 1 is 1.43 bits per heavy atom. The lowest BCUT2D eigenvalue weighted by Gasteiger charge is -2.31. The van der Waals surface area contributed by atoms with Crippen molar-refractivity contribution in [3.8, 4) is 0 Å². The van der Waals surface area contributed by atoms with Gasteiger partial charge in [0.1, 0.15) is 0 Å². The number of aliphatic hydroxyl groups excluding tert-OH is 2. The quantitative estimate of drug-likeness (QED) is 0.654. The van der Waals surface area contributed by atoms with E-state index in [4.69, 9.17) is 39.9 Å². The van der Waals surface area contributed by atoms with Crippen LogP contribution in [0.4, 0.5) is 0 Å². The molecule has 14 heavy (non-hydrogen) atoms. The van der Waals surface area contributed by atoms with Crippen LogP contribution >= 0.6 is 34.8 Å². The molecule has 0 aromatic carbocycles. The zero-order chi connectivity index (χ0) is 11.6. The SMILES string of the molecule is CC(C)(NC(=O)C(Cl)(Cl)Cl)[C@@H](O)CO. The molecule has 4 nitrogen and oxygen atoms in total. The van der Waals surface area contributed by atoms with Crippen LogP contribution in [0.5, 0.6) is 0 Å². The maximum atomic E-state index is 11.2. The Morgan fingerprint density at radius 2 is 1.86 bits per heavy atom. The number of rotatable bonds is 3. The molecule has 0 fully saturated rings. The third-order valence-corrected chi connectivity index (χ3v) is 2.21. The predicted octanol–water partition coefficient (Wildman–Crippen LogP) is 0.605. The van der Waals surface area contributed by atoms with Crippen molar-refractivity contribution in [2.75, 3.05) is 6.61 Å². The Hall–Kier alpha value is 0.260. The Morgan fingerprint density at radius 3 is 2.14 bits per heavy atom. The summed E-state index contributed by atoms with van der Waals surface area (Å²) >= 11 is 15.9. The van der Waals surface area contributed by atoms with E-state index in [1.807, 2.05) is 0 Å². The average molecular weight is 265 g/mol. The van der Waals surface area contributed by atoms with E-state index in [9.17, 15) is 9.90 Å². The molecular formula is C7H12Cl3NO3. The van der Waals surface area contributed by atoms with Crippen LogP contribution in [0, 0.1) is 0 Å². The predicted molar refractivity (Wildman–Crippen MR) is 55.6 cm³/mol. The van der Waals surface area contributed by atoms with Crippen LogP contribution < -0.4 is 5.32 Å². The van der Waals surface area contributed by atoms with E-state index in [0.717, 1.165) is 0 Å². The molecule has 0 aromatic rings. The molecule has 1 amide bonds. The molecule has 3 N–H and O–H groups in total. The highest BCUT2D eigenvalue weighted by atomic mass is 35.6. The maximum absolute atomic E-state index is 11.2. The Balaban J connectivity index is 4.44. The zero-order valence-corrected chi connectivity index (χ0v) is 9.99. The van der Waals surface area contributed by atoms with Gasteiger partial charge in [0.15, 0.2) is 0 Å². The molecule has 0 radical (unpaired) electrons. The number of nitrogens with one attached hydrogen (secondary N) is 1. The van der Waals surface area contributed by atoms with E-state index in [1.165, 1.54) is 13.8 Å². The van der Waals surface area contributed by atoms with Gasteiger partial charge in [-0.1, -0.05) is 34.8 Å². The van der Waals surface area contributed by atoms with E-state index < -0.39 is 27.9 Å². The Labute approximate surface area is 97.1 Å². The van der Waals surface area contributed by atoms with E-state index in [-0.39, 0.29) is 0 Å². The lowest BCUT2D eigenvalue weighted by molar-refractivity contribution is -0.123. The van der Waals surface area contributed by atoms with Crippen LogP contribution in [-0.2, 0) is 4.79 Å². The fourth-order valence-electron chi connectivity index (χ4n) is 0.675. The van der Waals surface area contributed by atoms with Crippen LogP contribution in [0.3, 0.4) is 0 Å². The summed E-state index contributed by atoms with van der Waals surface area (Å²) in [7, 11) is 0. The standard InChI is InChI=1S/C7H12Cl3NO3/c1-6(2,4(13)3-12)11-5(14)7(8,9)10/h4,12-13H,3H2,1-2H3,(H,11,14)/t4-/m0/s1. The van der Waals surface area contributed by atoms with Crippen molar-refractivity contribution >= 4 is 40.7 Å². The monoisotopic (exact) mass is 263 g/mol. The van der Waals surface area contributed by atoms with Gasteiger partial charge in [-0.3, -0.25) is 4.79 Å². The number of alkyl halides is 3. The summed E-state index contributed by atoms with van der Waals surface area (Å²) in [5.41, 5.74) is -1.06. The number of aliphatic hydroxyl groups is 2. The van der Waals surface area contributed by atoms with Gasteiger partial charge in [0.2, 0.25) is 0 Å². The minimum Gasteiger partial charge on any atom is -0.394 e. The lowest BCUT2D eigenvalue weighted by Crippen LogP contribution is -2.56. The first-order chi connectivity index (χ1) is 6.11. The molecule has 84 valence electrons. The van der Waals surface area contributed by atoms with E-state index in [2.05, 4.69) is 5.32 Å². The molecule has 0 aliphatic heterocycles. The van der Waals surface area contributed by atoms with Crippen molar-refractivity contribution in [3.05, 3.63) is 0 Å². The molecule has 0 bridgehead atoms. The smallest absolute Gasteiger partial charge is 0.272 e. The third-order valence-electron chi connectivity index (χ3n) is 1.70. The molecule has 0 saturated carbocycles. The van der Waals surface area contributed by atoms with Crippen molar-refractivity contribution in [2.45, 2.75) is 29.3 Å². The normalized spacial score (nSPS) is 15.1. The van der Waals surface area contributed by atoms with Crippen LogP contribution in [0.15, 0.2) is 0 Å². The number of hydrogen-bond acceptors (Lipinski definition) is 3. The first kappa shape index (κ1) is 14.3. The minimum absolute atomic E-state index is 0.493. The lowest BCUT2D eigenvalue weighted by atomic mass is 9.98. The molecule has 0 unspecified atom stereocenters. The second kappa shape index (κ2) is 4.86. The van der Waals surface area contributed by atoms with Gasteiger partial charge in [-0.2, -0.15) is 0 Å². The van der Waals surface area contributed by atoms with Gasteiger partial charge in [-0.15, -0.1) is 0 Å².